The van der Waals surface area contributed by atoms with Crippen molar-refractivity contribution < 1.29 is 9.53 Å². The summed E-state index contributed by atoms with van der Waals surface area (Å²) < 4.78 is 6.05. The van der Waals surface area contributed by atoms with Crippen LogP contribution in [0.2, 0.25) is 0 Å². The summed E-state index contributed by atoms with van der Waals surface area (Å²) in [6.45, 7) is 4.04. The molecule has 0 saturated carbocycles. The van der Waals surface area contributed by atoms with Crippen LogP contribution in [0.15, 0.2) is 22.7 Å². The summed E-state index contributed by atoms with van der Waals surface area (Å²) in [6.07, 6.45) is 2.21. The maximum atomic E-state index is 12.4. The largest absolute Gasteiger partial charge is 0.496 e. The van der Waals surface area contributed by atoms with Crippen LogP contribution >= 0.6 is 28.1 Å². The lowest BCUT2D eigenvalue weighted by atomic mass is 10.00. The number of carbonyl (C=O) groups is 1. The second-order valence-electron chi connectivity index (χ2n) is 5.27. The third kappa shape index (κ3) is 4.17. The first-order valence-electron chi connectivity index (χ1n) is 6.95. The van der Waals surface area contributed by atoms with Crippen LogP contribution in [0.1, 0.15) is 30.1 Å². The Morgan fingerprint density at radius 1 is 1.43 bits per heavy atom. The van der Waals surface area contributed by atoms with E-state index in [0.717, 1.165) is 36.3 Å². The molecule has 0 spiro atoms. The van der Waals surface area contributed by atoms with Gasteiger partial charge in [-0.2, -0.15) is 0 Å². The fourth-order valence-corrected chi connectivity index (χ4v) is 2.95. The Morgan fingerprint density at radius 3 is 2.71 bits per heavy atom. The summed E-state index contributed by atoms with van der Waals surface area (Å²) in [5.41, 5.74) is 0.472. The van der Waals surface area contributed by atoms with Crippen molar-refractivity contribution in [1.82, 2.24) is 10.2 Å². The number of hydrogen-bond donors (Lipinski definition) is 1. The number of carbonyl (C=O) groups excluding carboxylic acids is 1. The molecular formula is C15H19BrN2O2S. The summed E-state index contributed by atoms with van der Waals surface area (Å²) in [4.78, 5) is 14.4. The highest BCUT2D eigenvalue weighted by atomic mass is 79.9. The van der Waals surface area contributed by atoms with Crippen LogP contribution in [-0.2, 0) is 0 Å². The second kappa shape index (κ2) is 7.22. The Morgan fingerprint density at radius 2 is 2.10 bits per heavy atom. The number of likely N-dealkylation sites (tertiary alicyclic amines) is 1. The van der Waals surface area contributed by atoms with E-state index < -0.39 is 0 Å². The van der Waals surface area contributed by atoms with Crippen LogP contribution in [0.5, 0.6) is 5.75 Å². The topological polar surface area (TPSA) is 41.6 Å². The molecule has 1 heterocycles. The summed E-state index contributed by atoms with van der Waals surface area (Å²) in [7, 11) is 1.55. The summed E-state index contributed by atoms with van der Waals surface area (Å²) in [5, 5.41) is 3.29. The smallest absolute Gasteiger partial charge is 0.261 e. The van der Waals surface area contributed by atoms with E-state index in [1.54, 1.807) is 19.2 Å². The minimum Gasteiger partial charge on any atom is -0.496 e. The molecule has 1 aliphatic heterocycles. The molecule has 1 N–H and O–H groups in total. The number of methoxy groups -OCH3 is 1. The van der Waals surface area contributed by atoms with Crippen LogP contribution in [0.25, 0.3) is 0 Å². The molecule has 114 valence electrons. The van der Waals surface area contributed by atoms with E-state index in [0.29, 0.717) is 16.4 Å². The van der Waals surface area contributed by atoms with E-state index in [1.807, 2.05) is 6.07 Å². The molecule has 6 heteroatoms. The third-order valence-corrected chi connectivity index (χ3v) is 4.55. The zero-order valence-corrected chi connectivity index (χ0v) is 14.6. The van der Waals surface area contributed by atoms with Crippen LogP contribution in [0.4, 0.5) is 0 Å². The van der Waals surface area contributed by atoms with Gasteiger partial charge in [0.1, 0.15) is 5.75 Å². The predicted octanol–water partition coefficient (Wildman–Crippen LogP) is 3.20. The predicted molar refractivity (Wildman–Crippen MR) is 90.7 cm³/mol. The highest BCUT2D eigenvalue weighted by Crippen LogP contribution is 2.23. The monoisotopic (exact) mass is 370 g/mol. The van der Waals surface area contributed by atoms with Gasteiger partial charge < -0.3 is 9.64 Å². The molecule has 1 amide bonds. The molecule has 21 heavy (non-hydrogen) atoms. The lowest BCUT2D eigenvalue weighted by Crippen LogP contribution is -2.46. The molecule has 1 aromatic rings. The number of piperidine rings is 1. The number of thiocarbonyl (C=S) groups is 1. The molecule has 0 radical (unpaired) electrons. The quantitative estimate of drug-likeness (QED) is 0.811. The van der Waals surface area contributed by atoms with E-state index in [1.165, 1.54) is 0 Å². The van der Waals surface area contributed by atoms with Gasteiger partial charge in [-0.3, -0.25) is 10.1 Å². The average molecular weight is 371 g/mol. The van der Waals surface area contributed by atoms with Gasteiger partial charge in [0.05, 0.1) is 12.7 Å². The van der Waals surface area contributed by atoms with Gasteiger partial charge in [0.2, 0.25) is 0 Å². The fraction of sp³-hybridized carbons (Fsp3) is 0.467. The summed E-state index contributed by atoms with van der Waals surface area (Å²) in [5.74, 6) is 1.02. The Hall–Kier alpha value is -1.14. The molecule has 1 aromatic carbocycles. The second-order valence-corrected chi connectivity index (χ2v) is 6.58. The van der Waals surface area contributed by atoms with Gasteiger partial charge in [-0.1, -0.05) is 22.9 Å². The standard InChI is InChI=1S/C15H19BrN2O2S/c1-10-5-7-18(8-6-10)15(21)17-14(19)12-9-11(16)3-4-13(12)20-2/h3-4,9-10H,5-8H2,1-2H3,(H,17,19,21). The molecule has 1 aliphatic rings. The van der Waals surface area contributed by atoms with E-state index >= 15 is 0 Å². The van der Waals surface area contributed by atoms with E-state index in [2.05, 4.69) is 33.1 Å². The summed E-state index contributed by atoms with van der Waals surface area (Å²) in [6, 6.07) is 5.32. The normalized spacial score (nSPS) is 15.7. The van der Waals surface area contributed by atoms with E-state index in [9.17, 15) is 4.79 Å². The number of ether oxygens (including phenoxy) is 1. The molecule has 0 unspecified atom stereocenters. The maximum Gasteiger partial charge on any atom is 0.261 e. The van der Waals surface area contributed by atoms with Crippen molar-refractivity contribution in [2.45, 2.75) is 19.8 Å². The van der Waals surface area contributed by atoms with Crippen molar-refractivity contribution in [3.8, 4) is 5.75 Å². The van der Waals surface area contributed by atoms with Crippen molar-refractivity contribution in [2.24, 2.45) is 5.92 Å². The van der Waals surface area contributed by atoms with Gasteiger partial charge in [-0.05, 0) is 49.2 Å². The van der Waals surface area contributed by atoms with Crippen LogP contribution in [0, 0.1) is 5.92 Å². The Bertz CT molecular complexity index is 542. The van der Waals surface area contributed by atoms with Gasteiger partial charge in [0, 0.05) is 17.6 Å². The number of nitrogens with one attached hydrogen (secondary N) is 1. The van der Waals surface area contributed by atoms with Gasteiger partial charge >= 0.3 is 0 Å². The molecule has 0 aliphatic carbocycles. The minimum absolute atomic E-state index is 0.239. The molecule has 0 aromatic heterocycles. The lowest BCUT2D eigenvalue weighted by molar-refractivity contribution is 0.0969. The first-order chi connectivity index (χ1) is 10.0. The third-order valence-electron chi connectivity index (χ3n) is 3.70. The first kappa shape index (κ1) is 16.2. The Labute approximate surface area is 139 Å². The van der Waals surface area contributed by atoms with Crippen molar-refractivity contribution in [3.63, 3.8) is 0 Å². The maximum absolute atomic E-state index is 12.4. The van der Waals surface area contributed by atoms with Crippen LogP contribution in [0.3, 0.4) is 0 Å². The van der Waals surface area contributed by atoms with Gasteiger partial charge in [-0.25, -0.2) is 0 Å². The first-order valence-corrected chi connectivity index (χ1v) is 8.15. The number of halogens is 1. The molecule has 2 rings (SSSR count). The van der Waals surface area contributed by atoms with Gasteiger partial charge in [0.25, 0.3) is 5.91 Å². The van der Waals surface area contributed by atoms with Crippen molar-refractivity contribution in [2.75, 3.05) is 20.2 Å². The van der Waals surface area contributed by atoms with Crippen molar-refractivity contribution in [3.05, 3.63) is 28.2 Å². The van der Waals surface area contributed by atoms with Crippen molar-refractivity contribution in [1.29, 1.82) is 0 Å². The SMILES string of the molecule is COc1ccc(Br)cc1C(=O)NC(=S)N1CCC(C)CC1. The fourth-order valence-electron chi connectivity index (χ4n) is 2.31. The molecule has 4 nitrogen and oxygen atoms in total. The Balaban J connectivity index is 2.04. The zero-order valence-electron chi connectivity index (χ0n) is 12.2. The average Bonchev–Trinajstić information content (AvgIpc) is 2.47. The minimum atomic E-state index is -0.239. The number of hydrogen-bond acceptors (Lipinski definition) is 3. The van der Waals surface area contributed by atoms with Crippen LogP contribution in [-0.4, -0.2) is 36.1 Å². The summed E-state index contributed by atoms with van der Waals surface area (Å²) >= 11 is 8.71. The van der Waals surface area contributed by atoms with Gasteiger partial charge in [0.15, 0.2) is 5.11 Å². The number of rotatable bonds is 2. The molecular weight excluding hydrogens is 352 g/mol. The van der Waals surface area contributed by atoms with Crippen molar-refractivity contribution >= 4 is 39.2 Å². The zero-order chi connectivity index (χ0) is 15.4. The highest BCUT2D eigenvalue weighted by Gasteiger charge is 2.21. The number of nitrogens with zero attached hydrogens (tertiary/aromatic N) is 1. The molecule has 0 bridgehead atoms. The molecule has 1 saturated heterocycles. The highest BCUT2D eigenvalue weighted by molar-refractivity contribution is 9.10. The van der Waals surface area contributed by atoms with Crippen LogP contribution < -0.4 is 10.1 Å². The van der Waals surface area contributed by atoms with E-state index in [4.69, 9.17) is 17.0 Å². The molecule has 0 atom stereocenters. The lowest BCUT2D eigenvalue weighted by Gasteiger charge is -2.32. The van der Waals surface area contributed by atoms with Gasteiger partial charge in [-0.15, -0.1) is 0 Å². The number of benzene rings is 1. The Kier molecular flexibility index (Phi) is 5.58. The van der Waals surface area contributed by atoms with E-state index in [-0.39, 0.29) is 5.91 Å². The number of amides is 1. The molecule has 1 fully saturated rings.